The highest BCUT2D eigenvalue weighted by Gasteiger charge is 2.37. The minimum Gasteiger partial charge on any atom is -0.481 e. The van der Waals surface area contributed by atoms with Gasteiger partial charge in [-0.3, -0.25) is 18.6 Å². The van der Waals surface area contributed by atoms with E-state index in [9.17, 15) is 18.9 Å². The second kappa shape index (κ2) is 10.8. The molecule has 0 radical (unpaired) electrons. The average molecular weight is 427 g/mol. The summed E-state index contributed by atoms with van der Waals surface area (Å²) < 4.78 is 33.2. The van der Waals surface area contributed by atoms with Crippen molar-refractivity contribution in [3.05, 3.63) is 0 Å². The molecule has 28 heavy (non-hydrogen) atoms. The van der Waals surface area contributed by atoms with Crippen molar-refractivity contribution in [3.63, 3.8) is 0 Å². The Kier molecular flexibility index (Phi) is 10.1. The van der Waals surface area contributed by atoms with E-state index in [-0.39, 0.29) is 12.8 Å². The highest BCUT2D eigenvalue weighted by Crippen LogP contribution is 2.55. The number of carbonyl (C=O) groups excluding carboxylic acids is 1. The van der Waals surface area contributed by atoms with Gasteiger partial charge in [-0.25, -0.2) is 13.9 Å². The highest BCUT2D eigenvalue weighted by molar-refractivity contribution is 7.48. The molecule has 0 unspecified atom stereocenters. The fraction of sp³-hybridized carbons (Fsp3) is 0.812. The fourth-order valence-electron chi connectivity index (χ4n) is 1.83. The van der Waals surface area contributed by atoms with Crippen LogP contribution in [0.25, 0.3) is 0 Å². The number of rotatable bonds is 11. The summed E-state index contributed by atoms with van der Waals surface area (Å²) in [4.78, 5) is 33.2. The maximum atomic E-state index is 12.7. The van der Waals surface area contributed by atoms with Gasteiger partial charge in [0.25, 0.3) is 0 Å². The lowest BCUT2D eigenvalue weighted by molar-refractivity contribution is -0.139. The van der Waals surface area contributed by atoms with Crippen LogP contribution in [0.5, 0.6) is 0 Å². The number of nitrogens with one attached hydrogen (secondary N) is 1. The summed E-state index contributed by atoms with van der Waals surface area (Å²) >= 11 is 0. The summed E-state index contributed by atoms with van der Waals surface area (Å²) in [5, 5.41) is 19.7. The van der Waals surface area contributed by atoms with E-state index in [1.807, 2.05) is 0 Å². The van der Waals surface area contributed by atoms with Crippen LogP contribution in [0.15, 0.2) is 0 Å². The van der Waals surface area contributed by atoms with Gasteiger partial charge >= 0.3 is 25.9 Å². The lowest BCUT2D eigenvalue weighted by Crippen LogP contribution is -2.37. The largest absolute Gasteiger partial charge is 0.481 e. The van der Waals surface area contributed by atoms with Crippen LogP contribution in [0, 0.1) is 0 Å². The van der Waals surface area contributed by atoms with Crippen LogP contribution >= 0.6 is 7.82 Å². The average Bonchev–Trinajstić information content (AvgIpc) is 2.39. The predicted molar refractivity (Wildman–Crippen MR) is 97.8 cm³/mol. The summed E-state index contributed by atoms with van der Waals surface area (Å²) in [6.07, 6.45) is -1.98. The van der Waals surface area contributed by atoms with Gasteiger partial charge in [0.05, 0.1) is 17.6 Å². The predicted octanol–water partition coefficient (Wildman–Crippen LogP) is 3.13. The monoisotopic (exact) mass is 427 g/mol. The molecule has 0 aromatic carbocycles. The second-order valence-electron chi connectivity index (χ2n) is 7.90. The molecule has 3 N–H and O–H groups in total. The molecule has 0 aromatic heterocycles. The van der Waals surface area contributed by atoms with Crippen molar-refractivity contribution in [1.29, 1.82) is 0 Å². The molecular weight excluding hydrogens is 397 g/mol. The Morgan fingerprint density at radius 3 is 1.86 bits per heavy atom. The molecule has 164 valence electrons. The first-order chi connectivity index (χ1) is 12.5. The summed E-state index contributed by atoms with van der Waals surface area (Å²) in [5.74, 6) is -2.35. The first-order valence-corrected chi connectivity index (χ1v) is 10.0. The second-order valence-corrected chi connectivity index (χ2v) is 9.42. The van der Waals surface area contributed by atoms with Crippen molar-refractivity contribution in [2.75, 3.05) is 6.79 Å². The van der Waals surface area contributed by atoms with Crippen molar-refractivity contribution in [2.45, 2.75) is 78.0 Å². The molecule has 0 spiro atoms. The Morgan fingerprint density at radius 1 is 0.964 bits per heavy atom. The number of hydrogen-bond donors (Lipinski definition) is 3. The van der Waals surface area contributed by atoms with Crippen LogP contribution in [0.1, 0.15) is 60.8 Å². The minimum absolute atomic E-state index is 0.101. The molecule has 0 aliphatic heterocycles. The summed E-state index contributed by atoms with van der Waals surface area (Å²) in [7, 11) is -4.08. The Hall–Kier alpha value is -1.68. The van der Waals surface area contributed by atoms with Gasteiger partial charge in [-0.05, 0) is 48.0 Å². The van der Waals surface area contributed by atoms with Crippen LogP contribution in [-0.4, -0.2) is 52.3 Å². The van der Waals surface area contributed by atoms with Crippen molar-refractivity contribution in [3.8, 4) is 0 Å². The Labute approximate surface area is 164 Å². The molecule has 1 atom stereocenters. The molecule has 0 aliphatic carbocycles. The molecule has 0 aliphatic rings. The van der Waals surface area contributed by atoms with Gasteiger partial charge in [0, 0.05) is 12.5 Å². The van der Waals surface area contributed by atoms with Gasteiger partial charge in [0.15, 0.2) is 0 Å². The molecule has 0 saturated heterocycles. The lowest BCUT2D eigenvalue weighted by Gasteiger charge is -2.30. The van der Waals surface area contributed by atoms with Crippen LogP contribution in [0.4, 0.5) is 4.79 Å². The normalized spacial score (nSPS) is 13.6. The number of phosphoric acid groups is 1. The van der Waals surface area contributed by atoms with E-state index in [2.05, 4.69) is 5.32 Å². The van der Waals surface area contributed by atoms with E-state index in [4.69, 9.17) is 28.5 Å². The van der Waals surface area contributed by atoms with Gasteiger partial charge in [0.2, 0.25) is 6.79 Å². The third kappa shape index (κ3) is 14.4. The first kappa shape index (κ1) is 26.3. The smallest absolute Gasteiger partial charge is 0.478 e. The third-order valence-electron chi connectivity index (χ3n) is 2.62. The highest BCUT2D eigenvalue weighted by atomic mass is 31.2. The van der Waals surface area contributed by atoms with Crippen LogP contribution < -0.4 is 5.32 Å². The number of carbonyl (C=O) groups is 3. The standard InChI is InChI=1S/C16H30NO10P/c1-15(2,3)26-28(23,27-16(4,5)6)25-10-24-14(22)17-11(9-13(20)21)7-8-12(18)19/h11H,7-10H2,1-6H3,(H,17,22)(H,18,19)(H,20,21)/t11-/m0/s1. The van der Waals surface area contributed by atoms with Gasteiger partial charge < -0.3 is 20.3 Å². The van der Waals surface area contributed by atoms with Crippen LogP contribution in [-0.2, 0) is 32.5 Å². The zero-order valence-corrected chi connectivity index (χ0v) is 17.9. The minimum atomic E-state index is -4.08. The number of carboxylic acids is 2. The first-order valence-electron chi connectivity index (χ1n) is 8.54. The van der Waals surface area contributed by atoms with Crippen LogP contribution in [0.3, 0.4) is 0 Å². The van der Waals surface area contributed by atoms with Gasteiger partial charge in [-0.1, -0.05) is 0 Å². The number of alkyl carbamates (subject to hydrolysis) is 1. The summed E-state index contributed by atoms with van der Waals surface area (Å²) in [6, 6.07) is -0.954. The number of ether oxygens (including phenoxy) is 1. The number of carboxylic acid groups (broad SMARTS) is 2. The molecule has 0 bridgehead atoms. The Bertz CT molecular complexity index is 573. The molecular formula is C16H30NO10P. The number of amides is 1. The zero-order valence-electron chi connectivity index (χ0n) is 17.0. The molecule has 12 heteroatoms. The maximum absolute atomic E-state index is 12.7. The molecule has 0 saturated carbocycles. The van der Waals surface area contributed by atoms with E-state index in [1.165, 1.54) is 0 Å². The topological polar surface area (TPSA) is 158 Å². The molecule has 0 fully saturated rings. The third-order valence-corrected chi connectivity index (χ3v) is 4.59. The SMILES string of the molecule is CC(C)(C)OP(=O)(OCOC(=O)N[C@@H](CCC(=O)O)CC(=O)O)OC(C)(C)C. The Morgan fingerprint density at radius 2 is 1.46 bits per heavy atom. The zero-order chi connectivity index (χ0) is 22.2. The van der Waals surface area contributed by atoms with Crippen LogP contribution in [0.2, 0.25) is 0 Å². The van der Waals surface area contributed by atoms with Gasteiger partial charge in [-0.15, -0.1) is 0 Å². The van der Waals surface area contributed by atoms with Crippen molar-refractivity contribution < 1.29 is 47.5 Å². The fourth-order valence-corrected chi connectivity index (χ4v) is 3.49. The Balaban J connectivity index is 4.79. The van der Waals surface area contributed by atoms with E-state index in [1.54, 1.807) is 41.5 Å². The molecule has 0 rings (SSSR count). The van der Waals surface area contributed by atoms with E-state index in [0.717, 1.165) is 0 Å². The number of aliphatic carboxylic acids is 2. The van der Waals surface area contributed by atoms with E-state index in [0.29, 0.717) is 0 Å². The molecule has 1 amide bonds. The van der Waals surface area contributed by atoms with E-state index < -0.39 is 56.3 Å². The molecule has 0 aromatic rings. The van der Waals surface area contributed by atoms with E-state index >= 15 is 0 Å². The maximum Gasteiger partial charge on any atom is 0.478 e. The molecule has 0 heterocycles. The van der Waals surface area contributed by atoms with Crippen molar-refractivity contribution in [2.24, 2.45) is 0 Å². The van der Waals surface area contributed by atoms with Gasteiger partial charge in [-0.2, -0.15) is 0 Å². The molecule has 11 nitrogen and oxygen atoms in total. The van der Waals surface area contributed by atoms with Gasteiger partial charge in [0.1, 0.15) is 0 Å². The number of phosphoric ester groups is 1. The summed E-state index contributed by atoms with van der Waals surface area (Å²) in [5.41, 5.74) is -1.74. The number of hydrogen-bond acceptors (Lipinski definition) is 8. The quantitative estimate of drug-likeness (QED) is 0.330. The summed E-state index contributed by atoms with van der Waals surface area (Å²) in [6.45, 7) is 9.06. The van der Waals surface area contributed by atoms with Crippen molar-refractivity contribution >= 4 is 25.9 Å². The lowest BCUT2D eigenvalue weighted by atomic mass is 10.1. The van der Waals surface area contributed by atoms with Crippen molar-refractivity contribution in [1.82, 2.24) is 5.32 Å².